The van der Waals surface area contributed by atoms with Gasteiger partial charge in [0.15, 0.2) is 0 Å². The Balaban J connectivity index is 1.60. The molecule has 5 nitrogen and oxygen atoms in total. The Morgan fingerprint density at radius 2 is 2.23 bits per heavy atom. The van der Waals surface area contributed by atoms with Crippen molar-refractivity contribution in [2.45, 2.75) is 6.10 Å². The lowest BCUT2D eigenvalue weighted by molar-refractivity contribution is 0.173. The molecule has 7 heteroatoms. The molecule has 0 saturated carbocycles. The number of thiophene rings is 1. The molecule has 0 saturated heterocycles. The summed E-state index contributed by atoms with van der Waals surface area (Å²) in [5.74, 6) is 0.655. The second-order valence-corrected chi connectivity index (χ2v) is 5.73. The maximum absolute atomic E-state index is 11.6. The van der Waals surface area contributed by atoms with E-state index in [1.165, 1.54) is 11.3 Å². The molecule has 1 aromatic carbocycles. The van der Waals surface area contributed by atoms with Gasteiger partial charge in [0.05, 0.1) is 12.6 Å². The van der Waals surface area contributed by atoms with E-state index < -0.39 is 6.10 Å². The quantitative estimate of drug-likeness (QED) is 0.679. The number of aliphatic hydroxyl groups excluding tert-OH is 1. The average molecular weight is 341 g/mol. The van der Waals surface area contributed by atoms with Gasteiger partial charge in [-0.25, -0.2) is 4.79 Å². The van der Waals surface area contributed by atoms with Crippen LogP contribution in [0.4, 0.5) is 4.79 Å². The summed E-state index contributed by atoms with van der Waals surface area (Å²) in [6.07, 6.45) is -0.695. The number of halogens is 1. The molecule has 0 spiro atoms. The molecule has 1 heterocycles. The largest absolute Gasteiger partial charge is 0.492 e. The summed E-state index contributed by atoms with van der Waals surface area (Å²) in [7, 11) is 0. The minimum Gasteiger partial charge on any atom is -0.492 e. The van der Waals surface area contributed by atoms with Crippen molar-refractivity contribution in [3.05, 3.63) is 51.7 Å². The first-order valence-corrected chi connectivity index (χ1v) is 8.07. The minimum atomic E-state index is -0.695. The van der Waals surface area contributed by atoms with Crippen LogP contribution in [0.2, 0.25) is 5.02 Å². The Hall–Kier alpha value is -1.76. The molecule has 2 amide bonds. The van der Waals surface area contributed by atoms with Gasteiger partial charge in [0.1, 0.15) is 12.4 Å². The molecule has 0 fully saturated rings. The normalized spacial score (nSPS) is 11.7. The zero-order valence-corrected chi connectivity index (χ0v) is 13.4. The molecule has 3 N–H and O–H groups in total. The molecule has 1 atom stereocenters. The Morgan fingerprint density at radius 1 is 1.36 bits per heavy atom. The second kappa shape index (κ2) is 8.63. The zero-order chi connectivity index (χ0) is 15.8. The number of hydrogen-bond acceptors (Lipinski definition) is 4. The molecule has 118 valence electrons. The van der Waals surface area contributed by atoms with E-state index in [2.05, 4.69) is 10.6 Å². The van der Waals surface area contributed by atoms with E-state index in [1.807, 2.05) is 16.8 Å². The van der Waals surface area contributed by atoms with Crippen molar-refractivity contribution in [2.24, 2.45) is 0 Å². The summed E-state index contributed by atoms with van der Waals surface area (Å²) in [6, 6.07) is 8.54. The molecule has 0 radical (unpaired) electrons. The monoisotopic (exact) mass is 340 g/mol. The van der Waals surface area contributed by atoms with Crippen LogP contribution in [0.1, 0.15) is 11.7 Å². The topological polar surface area (TPSA) is 70.6 Å². The molecule has 2 aromatic rings. The molecule has 0 aliphatic rings. The lowest BCUT2D eigenvalue weighted by Crippen LogP contribution is -2.39. The SMILES string of the molecule is O=C(NCCOc1cccc(Cl)c1)NCC(O)c1ccsc1. The van der Waals surface area contributed by atoms with Crippen molar-refractivity contribution in [1.82, 2.24) is 10.6 Å². The van der Waals surface area contributed by atoms with E-state index in [4.69, 9.17) is 16.3 Å². The summed E-state index contributed by atoms with van der Waals surface area (Å²) in [5, 5.41) is 19.4. The van der Waals surface area contributed by atoms with Gasteiger partial charge < -0.3 is 20.5 Å². The number of hydrogen-bond donors (Lipinski definition) is 3. The Labute approximate surface area is 137 Å². The third kappa shape index (κ3) is 5.55. The lowest BCUT2D eigenvalue weighted by Gasteiger charge is -2.12. The van der Waals surface area contributed by atoms with E-state index in [9.17, 15) is 9.90 Å². The van der Waals surface area contributed by atoms with Crippen molar-refractivity contribution < 1.29 is 14.6 Å². The molecule has 1 aromatic heterocycles. The number of nitrogens with one attached hydrogen (secondary N) is 2. The van der Waals surface area contributed by atoms with Gasteiger partial charge in [-0.1, -0.05) is 17.7 Å². The fraction of sp³-hybridized carbons (Fsp3) is 0.267. The second-order valence-electron chi connectivity index (χ2n) is 4.52. The molecule has 2 rings (SSSR count). The van der Waals surface area contributed by atoms with Crippen LogP contribution in [-0.4, -0.2) is 30.8 Å². The Morgan fingerprint density at radius 3 is 2.95 bits per heavy atom. The summed E-state index contributed by atoms with van der Waals surface area (Å²) in [4.78, 5) is 11.6. The maximum Gasteiger partial charge on any atom is 0.315 e. The van der Waals surface area contributed by atoms with E-state index in [0.717, 1.165) is 5.56 Å². The number of benzene rings is 1. The standard InChI is InChI=1S/C15H17ClN2O3S/c16-12-2-1-3-13(8-12)21-6-5-17-15(20)18-9-14(19)11-4-7-22-10-11/h1-4,7-8,10,14,19H,5-6,9H2,(H2,17,18,20). The summed E-state index contributed by atoms with van der Waals surface area (Å²) >= 11 is 7.34. The van der Waals surface area contributed by atoms with Crippen LogP contribution < -0.4 is 15.4 Å². The number of rotatable bonds is 7. The van der Waals surface area contributed by atoms with Crippen LogP contribution in [0.3, 0.4) is 0 Å². The Bertz CT molecular complexity index is 592. The van der Waals surface area contributed by atoms with Crippen LogP contribution in [0, 0.1) is 0 Å². The summed E-state index contributed by atoms with van der Waals surface area (Å²) < 4.78 is 5.45. The highest BCUT2D eigenvalue weighted by Crippen LogP contribution is 2.17. The third-order valence-corrected chi connectivity index (χ3v) is 3.77. The molecular weight excluding hydrogens is 324 g/mol. The van der Waals surface area contributed by atoms with Gasteiger partial charge >= 0.3 is 6.03 Å². The van der Waals surface area contributed by atoms with Crippen LogP contribution in [0.25, 0.3) is 0 Å². The molecule has 0 aliphatic heterocycles. The van der Waals surface area contributed by atoms with E-state index in [1.54, 1.807) is 24.3 Å². The van der Waals surface area contributed by atoms with E-state index in [0.29, 0.717) is 23.9 Å². The Kier molecular flexibility index (Phi) is 6.51. The van der Waals surface area contributed by atoms with Gasteiger partial charge in [-0.3, -0.25) is 0 Å². The van der Waals surface area contributed by atoms with Crippen molar-refractivity contribution in [3.8, 4) is 5.75 Å². The highest BCUT2D eigenvalue weighted by molar-refractivity contribution is 7.07. The minimum absolute atomic E-state index is 0.164. The van der Waals surface area contributed by atoms with Gasteiger partial charge in [0.2, 0.25) is 0 Å². The smallest absolute Gasteiger partial charge is 0.315 e. The van der Waals surface area contributed by atoms with Crippen LogP contribution >= 0.6 is 22.9 Å². The first kappa shape index (κ1) is 16.6. The van der Waals surface area contributed by atoms with Crippen molar-refractivity contribution in [1.29, 1.82) is 0 Å². The highest BCUT2D eigenvalue weighted by atomic mass is 35.5. The predicted molar refractivity (Wildman–Crippen MR) is 87.6 cm³/mol. The third-order valence-electron chi connectivity index (χ3n) is 2.84. The first-order valence-electron chi connectivity index (χ1n) is 6.75. The van der Waals surface area contributed by atoms with Crippen molar-refractivity contribution in [3.63, 3.8) is 0 Å². The van der Waals surface area contributed by atoms with Crippen LogP contribution in [0.15, 0.2) is 41.1 Å². The van der Waals surface area contributed by atoms with Crippen LogP contribution in [-0.2, 0) is 0 Å². The molecule has 0 aliphatic carbocycles. The number of carbonyl (C=O) groups excluding carboxylic acids is 1. The number of amides is 2. The zero-order valence-electron chi connectivity index (χ0n) is 11.8. The van der Waals surface area contributed by atoms with Gasteiger partial charge in [-0.15, -0.1) is 0 Å². The van der Waals surface area contributed by atoms with E-state index in [-0.39, 0.29) is 12.6 Å². The van der Waals surface area contributed by atoms with Gasteiger partial charge in [-0.2, -0.15) is 11.3 Å². The maximum atomic E-state index is 11.6. The summed E-state index contributed by atoms with van der Waals surface area (Å²) in [5.41, 5.74) is 0.801. The number of urea groups is 1. The first-order chi connectivity index (χ1) is 10.6. The van der Waals surface area contributed by atoms with Crippen LogP contribution in [0.5, 0.6) is 5.75 Å². The molecule has 1 unspecified atom stereocenters. The fourth-order valence-electron chi connectivity index (χ4n) is 1.72. The van der Waals surface area contributed by atoms with Crippen molar-refractivity contribution >= 4 is 29.0 Å². The van der Waals surface area contributed by atoms with Gasteiger partial charge in [0.25, 0.3) is 0 Å². The summed E-state index contributed by atoms with van der Waals surface area (Å²) in [6.45, 7) is 0.853. The number of carbonyl (C=O) groups is 1. The molecular formula is C15H17ClN2O3S. The number of aliphatic hydroxyl groups is 1. The lowest BCUT2D eigenvalue weighted by atomic mass is 10.2. The predicted octanol–water partition coefficient (Wildman–Crippen LogP) is 2.81. The molecule has 0 bridgehead atoms. The van der Waals surface area contributed by atoms with Crippen molar-refractivity contribution in [2.75, 3.05) is 19.7 Å². The van der Waals surface area contributed by atoms with Gasteiger partial charge in [0, 0.05) is 11.6 Å². The highest BCUT2D eigenvalue weighted by Gasteiger charge is 2.09. The fourth-order valence-corrected chi connectivity index (χ4v) is 2.61. The van der Waals surface area contributed by atoms with E-state index >= 15 is 0 Å². The number of ether oxygens (including phenoxy) is 1. The van der Waals surface area contributed by atoms with Gasteiger partial charge in [-0.05, 0) is 40.6 Å². The average Bonchev–Trinajstić information content (AvgIpc) is 3.04. The molecule has 22 heavy (non-hydrogen) atoms.